The molecule has 35 heavy (non-hydrogen) atoms. The SMILES string of the molecule is CCCCC/C=C\C/C=C\CCCCCCCC(=O)OCC(C)COC(=O)CCN1CCCCC1. The summed E-state index contributed by atoms with van der Waals surface area (Å²) in [7, 11) is 0. The van der Waals surface area contributed by atoms with Crippen molar-refractivity contribution in [3.05, 3.63) is 24.3 Å². The van der Waals surface area contributed by atoms with Gasteiger partial charge in [0.05, 0.1) is 19.6 Å². The lowest BCUT2D eigenvalue weighted by atomic mass is 10.1. The summed E-state index contributed by atoms with van der Waals surface area (Å²) >= 11 is 0. The van der Waals surface area contributed by atoms with Crippen molar-refractivity contribution >= 4 is 11.9 Å². The number of likely N-dealkylation sites (tertiary alicyclic amines) is 1. The number of ether oxygens (including phenoxy) is 2. The Bertz CT molecular complexity index is 581. The number of unbranched alkanes of at least 4 members (excludes halogenated alkanes) is 8. The molecule has 0 saturated carbocycles. The lowest BCUT2D eigenvalue weighted by Crippen LogP contribution is -2.32. The number of esters is 2. The summed E-state index contributed by atoms with van der Waals surface area (Å²) in [5.74, 6) is -0.264. The molecule has 5 nitrogen and oxygen atoms in total. The highest BCUT2D eigenvalue weighted by atomic mass is 16.5. The van der Waals surface area contributed by atoms with Crippen LogP contribution in [0.1, 0.15) is 117 Å². The molecule has 0 aliphatic carbocycles. The molecule has 1 aliphatic heterocycles. The van der Waals surface area contributed by atoms with Gasteiger partial charge in [-0.2, -0.15) is 0 Å². The monoisotopic (exact) mass is 491 g/mol. The first-order valence-electron chi connectivity index (χ1n) is 14.5. The molecule has 1 atom stereocenters. The molecule has 0 bridgehead atoms. The molecule has 1 saturated heterocycles. The van der Waals surface area contributed by atoms with Crippen molar-refractivity contribution in [2.75, 3.05) is 32.8 Å². The van der Waals surface area contributed by atoms with E-state index >= 15 is 0 Å². The van der Waals surface area contributed by atoms with Crippen molar-refractivity contribution in [1.29, 1.82) is 0 Å². The Morgan fingerprint density at radius 3 is 1.97 bits per heavy atom. The predicted molar refractivity (Wildman–Crippen MR) is 145 cm³/mol. The van der Waals surface area contributed by atoms with Gasteiger partial charge in [-0.05, 0) is 64.5 Å². The maximum Gasteiger partial charge on any atom is 0.307 e. The maximum absolute atomic E-state index is 11.9. The van der Waals surface area contributed by atoms with Gasteiger partial charge in [-0.25, -0.2) is 0 Å². The highest BCUT2D eigenvalue weighted by Gasteiger charge is 2.14. The number of rotatable bonds is 21. The van der Waals surface area contributed by atoms with Crippen molar-refractivity contribution in [2.45, 2.75) is 117 Å². The smallest absolute Gasteiger partial charge is 0.307 e. The molecule has 0 amide bonds. The van der Waals surface area contributed by atoms with E-state index < -0.39 is 0 Å². The molecule has 0 aromatic heterocycles. The summed E-state index contributed by atoms with van der Waals surface area (Å²) in [6.07, 6.45) is 26.7. The minimum absolute atomic E-state index is 0.0301. The van der Waals surface area contributed by atoms with Crippen molar-refractivity contribution in [3.8, 4) is 0 Å². The summed E-state index contributed by atoms with van der Waals surface area (Å²) in [6.45, 7) is 7.79. The number of nitrogens with zero attached hydrogens (tertiary/aromatic N) is 1. The second-order valence-corrected chi connectivity index (χ2v) is 10.1. The van der Waals surface area contributed by atoms with Gasteiger partial charge in [0.15, 0.2) is 0 Å². The summed E-state index contributed by atoms with van der Waals surface area (Å²) < 4.78 is 10.7. The molecule has 0 spiro atoms. The van der Waals surface area contributed by atoms with Gasteiger partial charge >= 0.3 is 11.9 Å². The fourth-order valence-corrected chi connectivity index (χ4v) is 4.18. The number of hydrogen-bond acceptors (Lipinski definition) is 5. The number of carbonyl (C=O) groups excluding carboxylic acids is 2. The van der Waals surface area contributed by atoms with E-state index in [4.69, 9.17) is 9.47 Å². The molecular formula is C30H53NO4. The third-order valence-corrected chi connectivity index (χ3v) is 6.47. The van der Waals surface area contributed by atoms with Gasteiger partial charge in [-0.1, -0.05) is 76.7 Å². The van der Waals surface area contributed by atoms with Gasteiger partial charge in [0.1, 0.15) is 0 Å². The molecule has 0 radical (unpaired) electrons. The third-order valence-electron chi connectivity index (χ3n) is 6.47. The zero-order chi connectivity index (χ0) is 25.4. The lowest BCUT2D eigenvalue weighted by molar-refractivity contribution is -0.148. The van der Waals surface area contributed by atoms with E-state index in [2.05, 4.69) is 36.1 Å². The zero-order valence-electron chi connectivity index (χ0n) is 22.8. The maximum atomic E-state index is 11.9. The van der Waals surface area contributed by atoms with Crippen molar-refractivity contribution < 1.29 is 19.1 Å². The Balaban J connectivity index is 1.88. The Morgan fingerprint density at radius 1 is 0.743 bits per heavy atom. The van der Waals surface area contributed by atoms with Crippen LogP contribution in [0.5, 0.6) is 0 Å². The minimum atomic E-state index is -0.154. The van der Waals surface area contributed by atoms with Gasteiger partial charge in [0.25, 0.3) is 0 Å². The second-order valence-electron chi connectivity index (χ2n) is 10.1. The summed E-state index contributed by atoms with van der Waals surface area (Å²) in [5.41, 5.74) is 0. The summed E-state index contributed by atoms with van der Waals surface area (Å²) in [4.78, 5) is 26.2. The predicted octanol–water partition coefficient (Wildman–Crippen LogP) is 7.40. The largest absolute Gasteiger partial charge is 0.465 e. The van der Waals surface area contributed by atoms with Gasteiger partial charge in [-0.3, -0.25) is 9.59 Å². The van der Waals surface area contributed by atoms with Crippen LogP contribution in [0, 0.1) is 5.92 Å². The molecule has 202 valence electrons. The molecule has 1 aliphatic rings. The molecule has 0 aromatic carbocycles. The average molecular weight is 492 g/mol. The molecule has 0 aromatic rings. The van der Waals surface area contributed by atoms with Crippen LogP contribution >= 0.6 is 0 Å². The third kappa shape index (κ3) is 20.3. The second kappa shape index (κ2) is 22.8. The average Bonchev–Trinajstić information content (AvgIpc) is 2.87. The Hall–Kier alpha value is -1.62. The normalized spacial score (nSPS) is 15.6. The Labute approximate surface area is 215 Å². The number of hydrogen-bond donors (Lipinski definition) is 0. The van der Waals surface area contributed by atoms with Gasteiger partial charge in [0.2, 0.25) is 0 Å². The molecule has 5 heteroatoms. The number of carbonyl (C=O) groups is 2. The van der Waals surface area contributed by atoms with E-state index in [1.807, 2.05) is 6.92 Å². The van der Waals surface area contributed by atoms with Gasteiger partial charge in [-0.15, -0.1) is 0 Å². The van der Waals surface area contributed by atoms with E-state index in [9.17, 15) is 9.59 Å². The lowest BCUT2D eigenvalue weighted by Gasteiger charge is -2.25. The molecule has 0 N–H and O–H groups in total. The van der Waals surface area contributed by atoms with E-state index in [0.717, 1.165) is 45.3 Å². The molecule has 1 unspecified atom stereocenters. The first-order chi connectivity index (χ1) is 17.1. The summed E-state index contributed by atoms with van der Waals surface area (Å²) in [5, 5.41) is 0. The van der Waals surface area contributed by atoms with Crippen LogP contribution < -0.4 is 0 Å². The fraction of sp³-hybridized carbons (Fsp3) is 0.800. The Morgan fingerprint density at radius 2 is 1.31 bits per heavy atom. The van der Waals surface area contributed by atoms with E-state index in [0.29, 0.717) is 26.1 Å². The first-order valence-corrected chi connectivity index (χ1v) is 14.5. The topological polar surface area (TPSA) is 55.8 Å². The van der Waals surface area contributed by atoms with Crippen LogP contribution in [0.3, 0.4) is 0 Å². The van der Waals surface area contributed by atoms with E-state index in [1.165, 1.54) is 64.2 Å². The quantitative estimate of drug-likeness (QED) is 0.0951. The highest BCUT2D eigenvalue weighted by molar-refractivity contribution is 5.70. The fourth-order valence-electron chi connectivity index (χ4n) is 4.18. The van der Waals surface area contributed by atoms with Crippen LogP contribution in [0.4, 0.5) is 0 Å². The van der Waals surface area contributed by atoms with Gasteiger partial charge < -0.3 is 14.4 Å². The van der Waals surface area contributed by atoms with Crippen molar-refractivity contribution in [3.63, 3.8) is 0 Å². The van der Waals surface area contributed by atoms with Crippen LogP contribution in [0.25, 0.3) is 0 Å². The Kier molecular flexibility index (Phi) is 20.5. The summed E-state index contributed by atoms with van der Waals surface area (Å²) in [6, 6.07) is 0. The minimum Gasteiger partial charge on any atom is -0.465 e. The number of piperidine rings is 1. The van der Waals surface area contributed by atoms with E-state index in [-0.39, 0.29) is 17.9 Å². The molecule has 1 rings (SSSR count). The van der Waals surface area contributed by atoms with Crippen molar-refractivity contribution in [1.82, 2.24) is 4.90 Å². The van der Waals surface area contributed by atoms with Crippen LogP contribution in [0.2, 0.25) is 0 Å². The molecular weight excluding hydrogens is 438 g/mol. The zero-order valence-corrected chi connectivity index (χ0v) is 22.8. The van der Waals surface area contributed by atoms with Gasteiger partial charge in [0, 0.05) is 18.9 Å². The number of allylic oxidation sites excluding steroid dienone is 4. The molecule has 1 heterocycles. The molecule has 1 fully saturated rings. The van der Waals surface area contributed by atoms with Crippen LogP contribution in [-0.2, 0) is 19.1 Å². The van der Waals surface area contributed by atoms with E-state index in [1.54, 1.807) is 0 Å². The van der Waals surface area contributed by atoms with Crippen molar-refractivity contribution in [2.24, 2.45) is 5.92 Å². The standard InChI is InChI=1S/C30H53NO4/c1-3-4-5-6-7-8-9-10-11-12-13-14-15-16-18-21-29(32)34-26-28(2)27-35-30(33)22-25-31-23-19-17-20-24-31/h7-8,10-11,28H,3-6,9,12-27H2,1-2H3/b8-7-,11-10-. The highest BCUT2D eigenvalue weighted by Crippen LogP contribution is 2.11. The first kappa shape index (κ1) is 31.4. The van der Waals surface area contributed by atoms with Crippen LogP contribution in [-0.4, -0.2) is 49.7 Å². The van der Waals surface area contributed by atoms with Crippen LogP contribution in [0.15, 0.2) is 24.3 Å².